The average Bonchev–Trinajstić information content (AvgIpc) is 2.66. The van der Waals surface area contributed by atoms with Crippen molar-refractivity contribution in [1.29, 1.82) is 0 Å². The Morgan fingerprint density at radius 3 is 2.27 bits per heavy atom. The smallest absolute Gasteiger partial charge is 0.437 e. The molecule has 0 saturated heterocycles. The third-order valence-corrected chi connectivity index (χ3v) is 4.37. The van der Waals surface area contributed by atoms with Crippen molar-refractivity contribution in [3.8, 4) is 11.5 Å². The molecule has 0 spiro atoms. The van der Waals surface area contributed by atoms with Gasteiger partial charge in [0.15, 0.2) is 11.4 Å². The molecule has 0 aliphatic carbocycles. The maximum atomic E-state index is 14.3. The third kappa shape index (κ3) is 4.59. The van der Waals surface area contributed by atoms with Gasteiger partial charge in [0.05, 0.1) is 5.56 Å². The zero-order valence-electron chi connectivity index (χ0n) is 16.4. The van der Waals surface area contributed by atoms with Gasteiger partial charge in [0.25, 0.3) is 5.91 Å². The van der Waals surface area contributed by atoms with Gasteiger partial charge in [0.1, 0.15) is 11.6 Å². The van der Waals surface area contributed by atoms with E-state index >= 15 is 0 Å². The Hall–Kier alpha value is -3.42. The summed E-state index contributed by atoms with van der Waals surface area (Å²) in [6, 6.07) is 10.2. The number of nitrogens with zero attached hydrogens (tertiary/aromatic N) is 1. The summed E-state index contributed by atoms with van der Waals surface area (Å²) >= 11 is 0. The summed E-state index contributed by atoms with van der Waals surface area (Å²) in [6.07, 6.45) is -3.55. The molecular weight excluding hydrogens is 400 g/mol. The van der Waals surface area contributed by atoms with E-state index in [4.69, 9.17) is 4.74 Å². The van der Waals surface area contributed by atoms with E-state index in [0.717, 1.165) is 6.20 Å². The van der Waals surface area contributed by atoms with Crippen molar-refractivity contribution in [1.82, 2.24) is 4.98 Å². The summed E-state index contributed by atoms with van der Waals surface area (Å²) in [6.45, 7) is 4.79. The molecule has 8 heteroatoms. The molecule has 0 bridgehead atoms. The molecule has 2 aromatic carbocycles. The Bertz CT molecular complexity index is 1090. The van der Waals surface area contributed by atoms with Gasteiger partial charge in [-0.2, -0.15) is 13.2 Å². The zero-order chi connectivity index (χ0) is 22.1. The first-order valence-electron chi connectivity index (χ1n) is 8.95. The number of anilines is 1. The fraction of sp³-hybridized carbons (Fsp3) is 0.182. The first kappa shape index (κ1) is 21.3. The second kappa shape index (κ2) is 8.14. The first-order valence-corrected chi connectivity index (χ1v) is 8.95. The summed E-state index contributed by atoms with van der Waals surface area (Å²) in [5.41, 5.74) is 0.499. The minimum absolute atomic E-state index is 0.0593. The van der Waals surface area contributed by atoms with E-state index < -0.39 is 29.3 Å². The standard InChI is InChI=1S/C22H18F4N2O2/c1-12-10-17(20(27-11-12)22(24,25)26)30-16-8-6-15(7-9-16)28-21(29)18-13(2)4-5-14(3)19(18)23/h4-11H,1-3H3,(H,28,29). The number of aromatic nitrogens is 1. The minimum atomic E-state index is -4.66. The van der Waals surface area contributed by atoms with Crippen LogP contribution < -0.4 is 10.1 Å². The van der Waals surface area contributed by atoms with E-state index in [9.17, 15) is 22.4 Å². The molecule has 0 radical (unpaired) electrons. The van der Waals surface area contributed by atoms with Crippen LogP contribution in [0.25, 0.3) is 0 Å². The number of hydrogen-bond acceptors (Lipinski definition) is 3. The lowest BCUT2D eigenvalue weighted by Crippen LogP contribution is -2.16. The van der Waals surface area contributed by atoms with E-state index in [1.54, 1.807) is 32.9 Å². The number of amides is 1. The van der Waals surface area contributed by atoms with Gasteiger partial charge in [-0.15, -0.1) is 0 Å². The predicted octanol–water partition coefficient (Wildman–Crippen LogP) is 6.21. The molecule has 3 aromatic rings. The molecule has 0 fully saturated rings. The molecule has 0 atom stereocenters. The van der Waals surface area contributed by atoms with E-state index in [1.807, 2.05) is 0 Å². The van der Waals surface area contributed by atoms with Gasteiger partial charge in [-0.05, 0) is 67.8 Å². The molecule has 156 valence electrons. The Kier molecular flexibility index (Phi) is 5.78. The minimum Gasteiger partial charge on any atom is -0.455 e. The number of carbonyl (C=O) groups is 1. The highest BCUT2D eigenvalue weighted by Crippen LogP contribution is 2.37. The van der Waals surface area contributed by atoms with Gasteiger partial charge in [-0.3, -0.25) is 4.79 Å². The van der Waals surface area contributed by atoms with Crippen LogP contribution in [0.3, 0.4) is 0 Å². The van der Waals surface area contributed by atoms with Gasteiger partial charge in [-0.1, -0.05) is 12.1 Å². The Balaban J connectivity index is 1.79. The number of hydrogen-bond donors (Lipinski definition) is 1. The number of nitrogens with one attached hydrogen (secondary N) is 1. The van der Waals surface area contributed by atoms with Crippen molar-refractivity contribution >= 4 is 11.6 Å². The SMILES string of the molecule is Cc1cnc(C(F)(F)F)c(Oc2ccc(NC(=O)c3c(C)ccc(C)c3F)cc2)c1. The second-order valence-corrected chi connectivity index (χ2v) is 6.83. The molecule has 1 aromatic heterocycles. The van der Waals surface area contributed by atoms with Crippen LogP contribution >= 0.6 is 0 Å². The van der Waals surface area contributed by atoms with Crippen molar-refractivity contribution in [2.75, 3.05) is 5.32 Å². The van der Waals surface area contributed by atoms with Crippen LogP contribution in [0.15, 0.2) is 48.7 Å². The maximum Gasteiger partial charge on any atom is 0.437 e. The van der Waals surface area contributed by atoms with Crippen molar-refractivity contribution in [2.24, 2.45) is 0 Å². The van der Waals surface area contributed by atoms with Crippen LogP contribution in [0.5, 0.6) is 11.5 Å². The van der Waals surface area contributed by atoms with Crippen LogP contribution in [0, 0.1) is 26.6 Å². The number of halogens is 4. The number of carbonyl (C=O) groups excluding carboxylic acids is 1. The first-order chi connectivity index (χ1) is 14.1. The zero-order valence-corrected chi connectivity index (χ0v) is 16.4. The van der Waals surface area contributed by atoms with Crippen LogP contribution in [0.4, 0.5) is 23.2 Å². The molecule has 0 aliphatic rings. The normalized spacial score (nSPS) is 11.3. The average molecular weight is 418 g/mol. The van der Waals surface area contributed by atoms with E-state index in [-0.39, 0.29) is 11.3 Å². The van der Waals surface area contributed by atoms with E-state index in [1.165, 1.54) is 30.3 Å². The molecule has 30 heavy (non-hydrogen) atoms. The fourth-order valence-corrected chi connectivity index (χ4v) is 2.82. The molecule has 0 saturated carbocycles. The lowest BCUT2D eigenvalue weighted by molar-refractivity contribution is -0.142. The lowest BCUT2D eigenvalue weighted by atomic mass is 10.0. The molecule has 1 heterocycles. The van der Waals surface area contributed by atoms with Crippen molar-refractivity contribution in [3.05, 3.63) is 82.4 Å². The number of ether oxygens (including phenoxy) is 1. The molecule has 3 rings (SSSR count). The highest BCUT2D eigenvalue weighted by molar-refractivity contribution is 6.05. The van der Waals surface area contributed by atoms with Crippen molar-refractivity contribution < 1.29 is 27.1 Å². The monoisotopic (exact) mass is 418 g/mol. The van der Waals surface area contributed by atoms with Crippen LogP contribution in [0.2, 0.25) is 0 Å². The van der Waals surface area contributed by atoms with Crippen molar-refractivity contribution in [3.63, 3.8) is 0 Å². The van der Waals surface area contributed by atoms with Gasteiger partial charge >= 0.3 is 6.18 Å². The van der Waals surface area contributed by atoms with E-state index in [0.29, 0.717) is 22.4 Å². The quantitative estimate of drug-likeness (QED) is 0.513. The van der Waals surface area contributed by atoms with Crippen LogP contribution in [-0.4, -0.2) is 10.9 Å². The van der Waals surface area contributed by atoms with Gasteiger partial charge in [0, 0.05) is 11.9 Å². The Labute approximate surface area is 170 Å². The number of alkyl halides is 3. The number of pyridine rings is 1. The highest BCUT2D eigenvalue weighted by atomic mass is 19.4. The number of rotatable bonds is 4. The number of aryl methyl sites for hydroxylation is 3. The Morgan fingerprint density at radius 2 is 1.63 bits per heavy atom. The third-order valence-electron chi connectivity index (χ3n) is 4.37. The van der Waals surface area contributed by atoms with Crippen LogP contribution in [0.1, 0.15) is 32.7 Å². The summed E-state index contributed by atoms with van der Waals surface area (Å²) in [5, 5.41) is 2.58. The largest absolute Gasteiger partial charge is 0.455 e. The van der Waals surface area contributed by atoms with Gasteiger partial charge in [0.2, 0.25) is 0 Å². The molecule has 4 nitrogen and oxygen atoms in total. The Morgan fingerprint density at radius 1 is 1.00 bits per heavy atom. The van der Waals surface area contributed by atoms with Crippen molar-refractivity contribution in [2.45, 2.75) is 26.9 Å². The van der Waals surface area contributed by atoms with E-state index in [2.05, 4.69) is 10.3 Å². The summed E-state index contributed by atoms with van der Waals surface area (Å²) in [5.74, 6) is -1.51. The molecule has 0 unspecified atom stereocenters. The fourth-order valence-electron chi connectivity index (χ4n) is 2.82. The summed E-state index contributed by atoms with van der Waals surface area (Å²) in [7, 11) is 0. The lowest BCUT2D eigenvalue weighted by Gasteiger charge is -2.14. The molecule has 0 aliphatic heterocycles. The molecule has 1 N–H and O–H groups in total. The molecular formula is C22H18F4N2O2. The highest BCUT2D eigenvalue weighted by Gasteiger charge is 2.36. The number of benzene rings is 2. The summed E-state index contributed by atoms with van der Waals surface area (Å²) in [4.78, 5) is 15.9. The molecule has 1 amide bonds. The summed E-state index contributed by atoms with van der Waals surface area (Å²) < 4.78 is 59.0. The van der Waals surface area contributed by atoms with Gasteiger partial charge < -0.3 is 10.1 Å². The maximum absolute atomic E-state index is 14.3. The van der Waals surface area contributed by atoms with Crippen LogP contribution in [-0.2, 0) is 6.18 Å². The topological polar surface area (TPSA) is 51.2 Å². The second-order valence-electron chi connectivity index (χ2n) is 6.83. The predicted molar refractivity (Wildman–Crippen MR) is 104 cm³/mol. The van der Waals surface area contributed by atoms with Gasteiger partial charge in [-0.25, -0.2) is 9.37 Å².